The number of hydrogen-bond donors (Lipinski definition) is 1. The first-order chi connectivity index (χ1) is 9.16. The Hall–Kier alpha value is -2.35. The lowest BCUT2D eigenvalue weighted by Gasteiger charge is -2.13. The monoisotopic (exact) mass is 277 g/mol. The van der Waals surface area contributed by atoms with Gasteiger partial charge in [0, 0.05) is 24.7 Å². The first kappa shape index (κ1) is 11.7. The van der Waals surface area contributed by atoms with Gasteiger partial charge in [0.25, 0.3) is 5.91 Å². The number of aromatic amines is 1. The number of benzene rings is 1. The van der Waals surface area contributed by atoms with Crippen LogP contribution in [0.4, 0.5) is 9.52 Å². The van der Waals surface area contributed by atoms with Crippen LogP contribution in [0.2, 0.25) is 0 Å². The number of aromatic nitrogens is 4. The van der Waals surface area contributed by atoms with Crippen LogP contribution < -0.4 is 4.90 Å². The molecule has 1 N–H and O–H groups in total. The number of hydrogen-bond acceptors (Lipinski definition) is 5. The summed E-state index contributed by atoms with van der Waals surface area (Å²) >= 11 is 1.32. The van der Waals surface area contributed by atoms with Crippen molar-refractivity contribution in [2.45, 2.75) is 0 Å². The molecule has 1 amide bonds. The van der Waals surface area contributed by atoms with Crippen LogP contribution in [0.25, 0.3) is 11.0 Å². The molecular weight excluding hydrogens is 269 g/mol. The predicted octanol–water partition coefficient (Wildman–Crippen LogP) is 1.83. The Morgan fingerprint density at radius 1 is 1.42 bits per heavy atom. The highest BCUT2D eigenvalue weighted by Gasteiger charge is 2.20. The van der Waals surface area contributed by atoms with E-state index in [2.05, 4.69) is 20.4 Å². The van der Waals surface area contributed by atoms with Crippen molar-refractivity contribution in [1.29, 1.82) is 0 Å². The van der Waals surface area contributed by atoms with E-state index in [9.17, 15) is 9.18 Å². The average molecular weight is 277 g/mol. The molecule has 96 valence electrons. The molecule has 3 aromatic rings. The van der Waals surface area contributed by atoms with E-state index >= 15 is 0 Å². The minimum absolute atomic E-state index is 0.154. The van der Waals surface area contributed by atoms with Crippen molar-refractivity contribution in [3.8, 4) is 0 Å². The highest BCUT2D eigenvalue weighted by molar-refractivity contribution is 7.13. The number of H-pyrrole nitrogens is 1. The van der Waals surface area contributed by atoms with Gasteiger partial charge in [-0.3, -0.25) is 9.69 Å². The summed E-state index contributed by atoms with van der Waals surface area (Å²) in [7, 11) is 1.58. The van der Waals surface area contributed by atoms with Gasteiger partial charge < -0.3 is 0 Å². The van der Waals surface area contributed by atoms with E-state index < -0.39 is 5.82 Å². The number of fused-ring (bicyclic) bond motifs is 1. The zero-order valence-electron chi connectivity index (χ0n) is 9.79. The zero-order chi connectivity index (χ0) is 13.4. The van der Waals surface area contributed by atoms with Crippen LogP contribution in [0.5, 0.6) is 0 Å². The molecule has 0 saturated carbocycles. The summed E-state index contributed by atoms with van der Waals surface area (Å²) in [5.41, 5.74) is 0.812. The number of amides is 1. The molecule has 0 saturated heterocycles. The van der Waals surface area contributed by atoms with Crippen molar-refractivity contribution in [2.24, 2.45) is 0 Å². The van der Waals surface area contributed by atoms with Crippen molar-refractivity contribution in [1.82, 2.24) is 20.4 Å². The Morgan fingerprint density at radius 3 is 3.00 bits per heavy atom. The van der Waals surface area contributed by atoms with Gasteiger partial charge in [0.15, 0.2) is 5.13 Å². The molecule has 0 aliphatic heterocycles. The molecule has 0 aliphatic carbocycles. The second-order valence-electron chi connectivity index (χ2n) is 3.82. The lowest BCUT2D eigenvalue weighted by atomic mass is 10.1. The van der Waals surface area contributed by atoms with Gasteiger partial charge in [0.2, 0.25) is 0 Å². The summed E-state index contributed by atoms with van der Waals surface area (Å²) in [6.07, 6.45) is 1.60. The maximum atomic E-state index is 13.5. The van der Waals surface area contributed by atoms with Gasteiger partial charge in [-0.05, 0) is 6.07 Å². The highest BCUT2D eigenvalue weighted by atomic mass is 32.1. The smallest absolute Gasteiger partial charge is 0.262 e. The highest BCUT2D eigenvalue weighted by Crippen LogP contribution is 2.22. The molecule has 0 bridgehead atoms. The van der Waals surface area contributed by atoms with Crippen LogP contribution in [0.3, 0.4) is 0 Å². The van der Waals surface area contributed by atoms with Crippen molar-refractivity contribution in [3.63, 3.8) is 0 Å². The van der Waals surface area contributed by atoms with Gasteiger partial charge in [-0.2, -0.15) is 15.4 Å². The maximum Gasteiger partial charge on any atom is 0.262 e. The summed E-state index contributed by atoms with van der Waals surface area (Å²) in [6.45, 7) is 0. The molecule has 0 unspecified atom stereocenters. The summed E-state index contributed by atoms with van der Waals surface area (Å²) in [5, 5.41) is 12.3. The van der Waals surface area contributed by atoms with Gasteiger partial charge >= 0.3 is 0 Å². The minimum atomic E-state index is -0.530. The number of carbonyl (C=O) groups excluding carboxylic acids is 1. The van der Waals surface area contributed by atoms with E-state index in [-0.39, 0.29) is 11.5 Å². The third-order valence-corrected chi connectivity index (χ3v) is 3.48. The van der Waals surface area contributed by atoms with E-state index in [0.717, 1.165) is 6.07 Å². The molecule has 2 heterocycles. The molecule has 0 radical (unpaired) electrons. The summed E-state index contributed by atoms with van der Waals surface area (Å²) < 4.78 is 13.5. The van der Waals surface area contributed by atoms with Gasteiger partial charge in [0.1, 0.15) is 16.9 Å². The van der Waals surface area contributed by atoms with Gasteiger partial charge in [-0.1, -0.05) is 0 Å². The average Bonchev–Trinajstić information content (AvgIpc) is 3.06. The van der Waals surface area contributed by atoms with Crippen molar-refractivity contribution >= 4 is 33.4 Å². The van der Waals surface area contributed by atoms with Crippen LogP contribution >= 0.6 is 11.3 Å². The molecule has 19 heavy (non-hydrogen) atoms. The van der Waals surface area contributed by atoms with Crippen molar-refractivity contribution in [2.75, 3.05) is 11.9 Å². The van der Waals surface area contributed by atoms with E-state index in [1.807, 2.05) is 0 Å². The Morgan fingerprint density at radius 2 is 2.26 bits per heavy atom. The number of nitrogens with zero attached hydrogens (tertiary/aromatic N) is 4. The summed E-state index contributed by atoms with van der Waals surface area (Å²) in [4.78, 5) is 17.7. The second-order valence-corrected chi connectivity index (χ2v) is 4.70. The Bertz CT molecular complexity index is 739. The fourth-order valence-electron chi connectivity index (χ4n) is 1.73. The second kappa shape index (κ2) is 4.39. The number of rotatable bonds is 2. The van der Waals surface area contributed by atoms with Gasteiger partial charge in [0.05, 0.1) is 5.56 Å². The van der Waals surface area contributed by atoms with Crippen LogP contribution in [0.1, 0.15) is 10.4 Å². The van der Waals surface area contributed by atoms with Gasteiger partial charge in [-0.25, -0.2) is 9.37 Å². The van der Waals surface area contributed by atoms with E-state index in [1.165, 1.54) is 22.3 Å². The molecule has 8 heteroatoms. The number of anilines is 1. The topological polar surface area (TPSA) is 74.8 Å². The summed E-state index contributed by atoms with van der Waals surface area (Å²) in [5.74, 6) is -0.911. The molecule has 0 spiro atoms. The van der Waals surface area contributed by atoms with Crippen molar-refractivity contribution < 1.29 is 9.18 Å². The molecular formula is C11H8FN5OS. The Kier molecular flexibility index (Phi) is 2.71. The lowest BCUT2D eigenvalue weighted by molar-refractivity contribution is 0.0994. The molecule has 3 rings (SSSR count). The van der Waals surface area contributed by atoms with Crippen LogP contribution in [0.15, 0.2) is 23.7 Å². The number of carbonyl (C=O) groups is 1. The van der Waals surface area contributed by atoms with E-state index in [4.69, 9.17) is 0 Å². The van der Waals surface area contributed by atoms with E-state index in [1.54, 1.807) is 18.6 Å². The molecule has 0 fully saturated rings. The standard InChI is InChI=1S/C11H8FN5OS/c1-17(11-13-2-3-19-11)10(18)7-4-6(12)5-8-9(7)15-16-14-8/h2-5H,1H3,(H,14,15,16). The first-order valence-corrected chi connectivity index (χ1v) is 6.22. The number of halogens is 1. The Labute approximate surface area is 110 Å². The summed E-state index contributed by atoms with van der Waals surface area (Å²) in [6, 6.07) is 2.37. The predicted molar refractivity (Wildman–Crippen MR) is 68.7 cm³/mol. The third kappa shape index (κ3) is 1.95. The van der Waals surface area contributed by atoms with Gasteiger partial charge in [-0.15, -0.1) is 11.3 Å². The molecule has 0 aliphatic rings. The third-order valence-electron chi connectivity index (χ3n) is 2.63. The first-order valence-electron chi connectivity index (χ1n) is 5.34. The number of thiazole rings is 1. The molecule has 2 aromatic heterocycles. The SMILES string of the molecule is CN(C(=O)c1cc(F)cc2n[nH]nc12)c1nccs1. The van der Waals surface area contributed by atoms with Crippen molar-refractivity contribution in [3.05, 3.63) is 35.1 Å². The molecule has 6 nitrogen and oxygen atoms in total. The normalized spacial score (nSPS) is 10.8. The largest absolute Gasteiger partial charge is 0.287 e. The fraction of sp³-hybridized carbons (Fsp3) is 0.0909. The zero-order valence-corrected chi connectivity index (χ0v) is 10.6. The van der Waals surface area contributed by atoms with Crippen LogP contribution in [-0.2, 0) is 0 Å². The van der Waals surface area contributed by atoms with Crippen LogP contribution in [-0.4, -0.2) is 33.3 Å². The lowest BCUT2D eigenvalue weighted by Crippen LogP contribution is -2.26. The quantitative estimate of drug-likeness (QED) is 0.775. The minimum Gasteiger partial charge on any atom is -0.287 e. The van der Waals surface area contributed by atoms with Crippen LogP contribution in [0, 0.1) is 5.82 Å². The number of nitrogens with one attached hydrogen (secondary N) is 1. The molecule has 1 aromatic carbocycles. The molecule has 0 atom stereocenters. The van der Waals surface area contributed by atoms with E-state index in [0.29, 0.717) is 16.2 Å². The fourth-order valence-corrected chi connectivity index (χ4v) is 2.33. The Balaban J connectivity index is 2.09. The maximum absolute atomic E-state index is 13.5.